The van der Waals surface area contributed by atoms with Crippen LogP contribution in [0.5, 0.6) is 0 Å². The van der Waals surface area contributed by atoms with Crippen LogP contribution < -0.4 is 5.32 Å². The number of piperidine rings is 1. The number of amides is 1. The minimum atomic E-state index is -0.201. The smallest absolute Gasteiger partial charge is 0.263 e. The molecule has 0 atom stereocenters. The molecular formula is C15H23N3O. The molecule has 104 valence electrons. The monoisotopic (exact) mass is 261 g/mol. The summed E-state index contributed by atoms with van der Waals surface area (Å²) in [5.41, 5.74) is 0.251. The minimum absolute atomic E-state index is 0.201. The summed E-state index contributed by atoms with van der Waals surface area (Å²) in [7, 11) is 0. The maximum absolute atomic E-state index is 12.0. The van der Waals surface area contributed by atoms with Gasteiger partial charge >= 0.3 is 0 Å². The number of nitriles is 1. The highest BCUT2D eigenvalue weighted by molar-refractivity contribution is 5.97. The lowest BCUT2D eigenvalue weighted by Gasteiger charge is -2.29. The minimum Gasteiger partial charge on any atom is -0.376 e. The molecule has 4 heteroatoms. The number of nitrogens with one attached hydrogen (secondary N) is 1. The van der Waals surface area contributed by atoms with Gasteiger partial charge in [-0.15, -0.1) is 0 Å². The van der Waals surface area contributed by atoms with Crippen LogP contribution in [0.3, 0.4) is 0 Å². The molecule has 1 heterocycles. The van der Waals surface area contributed by atoms with Crippen LogP contribution in [0.25, 0.3) is 0 Å². The van der Waals surface area contributed by atoms with Crippen molar-refractivity contribution in [3.63, 3.8) is 0 Å². The molecule has 0 aromatic rings. The normalized spacial score (nSPS) is 22.3. The number of carbonyl (C=O) groups is 1. The van der Waals surface area contributed by atoms with Crippen molar-refractivity contribution in [3.8, 4) is 6.07 Å². The lowest BCUT2D eigenvalue weighted by molar-refractivity contribution is -0.117. The van der Waals surface area contributed by atoms with Gasteiger partial charge in [-0.05, 0) is 31.6 Å². The fraction of sp³-hybridized carbons (Fsp3) is 0.733. The maximum Gasteiger partial charge on any atom is 0.263 e. The fourth-order valence-corrected chi connectivity index (χ4v) is 2.81. The average molecular weight is 261 g/mol. The number of carbonyl (C=O) groups excluding carboxylic acids is 1. The van der Waals surface area contributed by atoms with E-state index in [2.05, 4.69) is 17.1 Å². The maximum atomic E-state index is 12.0. The summed E-state index contributed by atoms with van der Waals surface area (Å²) in [5, 5.41) is 12.1. The molecular weight excluding hydrogens is 238 g/mol. The summed E-state index contributed by atoms with van der Waals surface area (Å²) in [4.78, 5) is 14.1. The Morgan fingerprint density at radius 3 is 2.47 bits per heavy atom. The van der Waals surface area contributed by atoms with Crippen LogP contribution in [0.4, 0.5) is 0 Å². The summed E-state index contributed by atoms with van der Waals surface area (Å²) in [6.45, 7) is 4.14. The van der Waals surface area contributed by atoms with Gasteiger partial charge in [-0.1, -0.05) is 19.8 Å². The van der Waals surface area contributed by atoms with E-state index >= 15 is 0 Å². The molecule has 1 amide bonds. The molecule has 0 bridgehead atoms. The molecule has 0 spiro atoms. The van der Waals surface area contributed by atoms with Crippen molar-refractivity contribution in [1.29, 1.82) is 5.26 Å². The van der Waals surface area contributed by atoms with Gasteiger partial charge in [0.05, 0.1) is 0 Å². The van der Waals surface area contributed by atoms with Crippen molar-refractivity contribution < 1.29 is 4.79 Å². The number of nitrogens with zero attached hydrogens (tertiary/aromatic N) is 2. The molecule has 0 aromatic heterocycles. The van der Waals surface area contributed by atoms with Crippen molar-refractivity contribution in [3.05, 3.63) is 11.8 Å². The van der Waals surface area contributed by atoms with Gasteiger partial charge in [-0.2, -0.15) is 5.26 Å². The molecule has 0 aromatic carbocycles. The standard InChI is InChI=1S/C15H23N3O/c1-12-6-8-18(9-7-12)11-13(10-16)15(19)17-14-4-2-3-5-14/h11-12,14H,2-9H2,1H3,(H,17,19)/b13-11-. The quantitative estimate of drug-likeness (QED) is 0.626. The highest BCUT2D eigenvalue weighted by Crippen LogP contribution is 2.19. The molecule has 2 fully saturated rings. The molecule has 2 aliphatic rings. The first-order valence-electron chi connectivity index (χ1n) is 7.36. The van der Waals surface area contributed by atoms with E-state index < -0.39 is 0 Å². The average Bonchev–Trinajstić information content (AvgIpc) is 2.90. The third kappa shape index (κ3) is 3.99. The Morgan fingerprint density at radius 1 is 1.26 bits per heavy atom. The van der Waals surface area contributed by atoms with E-state index in [-0.39, 0.29) is 17.5 Å². The zero-order valence-electron chi connectivity index (χ0n) is 11.7. The summed E-state index contributed by atoms with van der Waals surface area (Å²) in [6, 6.07) is 2.31. The van der Waals surface area contributed by atoms with Crippen LogP contribution in [-0.2, 0) is 4.79 Å². The molecule has 1 N–H and O–H groups in total. The van der Waals surface area contributed by atoms with Gasteiger partial charge in [0.1, 0.15) is 11.6 Å². The van der Waals surface area contributed by atoms with Crippen LogP contribution in [0.2, 0.25) is 0 Å². The number of rotatable bonds is 3. The third-order valence-electron chi connectivity index (χ3n) is 4.19. The lowest BCUT2D eigenvalue weighted by atomic mass is 9.99. The second-order valence-electron chi connectivity index (χ2n) is 5.83. The molecule has 0 unspecified atom stereocenters. The van der Waals surface area contributed by atoms with Gasteiger partial charge in [-0.25, -0.2) is 0 Å². The Hall–Kier alpha value is -1.50. The van der Waals surface area contributed by atoms with Crippen molar-refractivity contribution in [2.75, 3.05) is 13.1 Å². The molecule has 1 saturated carbocycles. The van der Waals surface area contributed by atoms with E-state index in [0.717, 1.165) is 44.7 Å². The zero-order chi connectivity index (χ0) is 13.7. The second kappa shape index (κ2) is 6.60. The van der Waals surface area contributed by atoms with Gasteiger partial charge in [0, 0.05) is 25.3 Å². The van der Waals surface area contributed by atoms with Crippen LogP contribution >= 0.6 is 0 Å². The Bertz CT molecular complexity index is 383. The first kappa shape index (κ1) is 13.9. The van der Waals surface area contributed by atoms with Gasteiger partial charge in [0.2, 0.25) is 0 Å². The van der Waals surface area contributed by atoms with Gasteiger partial charge in [0.25, 0.3) is 5.91 Å². The van der Waals surface area contributed by atoms with Crippen molar-refractivity contribution in [2.45, 2.75) is 51.5 Å². The molecule has 4 nitrogen and oxygen atoms in total. The number of likely N-dealkylation sites (tertiary alicyclic amines) is 1. The van der Waals surface area contributed by atoms with Crippen LogP contribution in [0.15, 0.2) is 11.8 Å². The topological polar surface area (TPSA) is 56.1 Å². The lowest BCUT2D eigenvalue weighted by Crippen LogP contribution is -2.35. The summed E-state index contributed by atoms with van der Waals surface area (Å²) in [5.74, 6) is 0.551. The third-order valence-corrected chi connectivity index (χ3v) is 4.19. The van der Waals surface area contributed by atoms with Gasteiger partial charge in [-0.3, -0.25) is 4.79 Å². The number of hydrogen-bond donors (Lipinski definition) is 1. The van der Waals surface area contributed by atoms with Crippen molar-refractivity contribution >= 4 is 5.91 Å². The van der Waals surface area contributed by atoms with Crippen molar-refractivity contribution in [1.82, 2.24) is 10.2 Å². The Kier molecular flexibility index (Phi) is 4.84. The second-order valence-corrected chi connectivity index (χ2v) is 5.83. The Labute approximate surface area is 115 Å². The van der Waals surface area contributed by atoms with Crippen LogP contribution in [0.1, 0.15) is 45.4 Å². The fourth-order valence-electron chi connectivity index (χ4n) is 2.81. The molecule has 19 heavy (non-hydrogen) atoms. The van der Waals surface area contributed by atoms with E-state index in [1.165, 1.54) is 12.8 Å². The predicted octanol–water partition coefficient (Wildman–Crippen LogP) is 2.18. The molecule has 1 aliphatic heterocycles. The van der Waals surface area contributed by atoms with Crippen LogP contribution in [0, 0.1) is 17.2 Å². The highest BCUT2D eigenvalue weighted by Gasteiger charge is 2.20. The predicted molar refractivity (Wildman–Crippen MR) is 74.1 cm³/mol. The van der Waals surface area contributed by atoms with E-state index in [9.17, 15) is 4.79 Å². The van der Waals surface area contributed by atoms with Crippen molar-refractivity contribution in [2.24, 2.45) is 5.92 Å². The van der Waals surface area contributed by atoms with Gasteiger partial charge < -0.3 is 10.2 Å². The SMILES string of the molecule is CC1CCN(/C=C(/C#N)C(=O)NC2CCCC2)CC1. The molecule has 0 radical (unpaired) electrons. The van der Waals surface area contributed by atoms with Gasteiger partial charge in [0.15, 0.2) is 0 Å². The number of hydrogen-bond acceptors (Lipinski definition) is 3. The first-order valence-corrected chi connectivity index (χ1v) is 7.36. The van der Waals surface area contributed by atoms with E-state index in [4.69, 9.17) is 5.26 Å². The summed E-state index contributed by atoms with van der Waals surface area (Å²) in [6.07, 6.45) is 8.48. The Morgan fingerprint density at radius 2 is 1.89 bits per heavy atom. The van der Waals surface area contributed by atoms with Crippen LogP contribution in [-0.4, -0.2) is 29.9 Å². The summed E-state index contributed by atoms with van der Waals surface area (Å²) >= 11 is 0. The molecule has 2 rings (SSSR count). The summed E-state index contributed by atoms with van der Waals surface area (Å²) < 4.78 is 0. The largest absolute Gasteiger partial charge is 0.376 e. The zero-order valence-corrected chi connectivity index (χ0v) is 11.7. The first-order chi connectivity index (χ1) is 9.19. The Balaban J connectivity index is 1.90. The highest BCUT2D eigenvalue weighted by atomic mass is 16.1. The van der Waals surface area contributed by atoms with E-state index in [1.54, 1.807) is 6.20 Å². The molecule has 1 aliphatic carbocycles. The van der Waals surface area contributed by atoms with E-state index in [1.807, 2.05) is 6.07 Å². The van der Waals surface area contributed by atoms with E-state index in [0.29, 0.717) is 0 Å². The molecule has 1 saturated heterocycles.